The zero-order chi connectivity index (χ0) is 26.6. The Morgan fingerprint density at radius 1 is 0.973 bits per heavy atom. The number of thiazole rings is 1. The normalized spacial score (nSPS) is 11.9. The van der Waals surface area contributed by atoms with Crippen LogP contribution in [0.5, 0.6) is 5.75 Å². The topological polar surface area (TPSA) is 116 Å². The zero-order valence-electron chi connectivity index (χ0n) is 20.4. The summed E-state index contributed by atoms with van der Waals surface area (Å²) in [5.41, 5.74) is 1.91. The molecule has 1 heterocycles. The third-order valence-corrected chi connectivity index (χ3v) is 7.90. The van der Waals surface area contributed by atoms with E-state index >= 15 is 0 Å². The Morgan fingerprint density at radius 2 is 1.65 bits per heavy atom. The molecule has 0 radical (unpaired) electrons. The molecule has 11 heteroatoms. The second-order valence-electron chi connectivity index (χ2n) is 7.81. The number of ether oxygens (including phenoxy) is 2. The number of aryl methyl sites for hydroxylation is 1. The molecule has 37 heavy (non-hydrogen) atoms. The molecule has 0 saturated carbocycles. The van der Waals surface area contributed by atoms with Crippen molar-refractivity contribution >= 4 is 49.1 Å². The van der Waals surface area contributed by atoms with Gasteiger partial charge >= 0.3 is 5.97 Å². The number of benzene rings is 3. The minimum absolute atomic E-state index is 0.0865. The predicted molar refractivity (Wildman–Crippen MR) is 142 cm³/mol. The predicted octanol–water partition coefficient (Wildman–Crippen LogP) is 4.45. The first-order valence-electron chi connectivity index (χ1n) is 11.4. The van der Waals surface area contributed by atoms with Crippen LogP contribution in [0.1, 0.15) is 34.6 Å². The molecule has 0 aliphatic carbocycles. The van der Waals surface area contributed by atoms with E-state index in [1.807, 2.05) is 17.6 Å². The van der Waals surface area contributed by atoms with Gasteiger partial charge in [-0.05, 0) is 80.6 Å². The van der Waals surface area contributed by atoms with E-state index in [-0.39, 0.29) is 11.5 Å². The molecule has 0 fully saturated rings. The molecule has 4 aromatic rings. The molecular formula is C26H25N3O6S2. The Hall–Kier alpha value is -3.96. The first-order chi connectivity index (χ1) is 17.7. The monoisotopic (exact) mass is 539 g/mol. The Balaban J connectivity index is 1.57. The van der Waals surface area contributed by atoms with E-state index in [9.17, 15) is 18.0 Å². The minimum Gasteiger partial charge on any atom is -0.497 e. The smallest absolute Gasteiger partial charge is 0.338 e. The Labute approximate surface area is 218 Å². The van der Waals surface area contributed by atoms with Crippen LogP contribution in [0.4, 0.5) is 5.69 Å². The summed E-state index contributed by atoms with van der Waals surface area (Å²) in [5.74, 6) is -0.324. The molecule has 192 valence electrons. The fourth-order valence-electron chi connectivity index (χ4n) is 3.61. The lowest BCUT2D eigenvalue weighted by Gasteiger charge is -2.09. The molecular weight excluding hydrogens is 514 g/mol. The van der Waals surface area contributed by atoms with Crippen molar-refractivity contribution < 1.29 is 27.5 Å². The standard InChI is InChI=1S/C26H25N3O6S2/c1-4-29-22-15-8-18(25(31)35-5-2)16-23(22)36-26(29)27-24(30)17-6-9-19(10-7-17)28-37(32,33)21-13-11-20(34-3)12-14-21/h6-16,28H,4-5H2,1-3H3. The van der Waals surface area contributed by atoms with Crippen molar-refractivity contribution in [2.24, 2.45) is 4.99 Å². The number of hydrogen-bond acceptors (Lipinski definition) is 7. The highest BCUT2D eigenvalue weighted by molar-refractivity contribution is 7.92. The lowest BCUT2D eigenvalue weighted by atomic mass is 10.2. The van der Waals surface area contributed by atoms with Crippen LogP contribution in [-0.4, -0.2) is 38.6 Å². The lowest BCUT2D eigenvalue weighted by Crippen LogP contribution is -2.16. The third-order valence-electron chi connectivity index (χ3n) is 5.46. The average molecular weight is 540 g/mol. The molecule has 0 saturated heterocycles. The van der Waals surface area contributed by atoms with Gasteiger partial charge in [-0.1, -0.05) is 11.3 Å². The molecule has 3 aromatic carbocycles. The van der Waals surface area contributed by atoms with Gasteiger partial charge in [0.2, 0.25) is 0 Å². The molecule has 0 atom stereocenters. The van der Waals surface area contributed by atoms with Crippen LogP contribution < -0.4 is 14.3 Å². The van der Waals surface area contributed by atoms with Crippen molar-refractivity contribution in [2.75, 3.05) is 18.4 Å². The molecule has 0 unspecified atom stereocenters. The number of amides is 1. The zero-order valence-corrected chi connectivity index (χ0v) is 22.1. The maximum absolute atomic E-state index is 12.9. The lowest BCUT2D eigenvalue weighted by molar-refractivity contribution is 0.0526. The van der Waals surface area contributed by atoms with Crippen LogP contribution in [-0.2, 0) is 21.3 Å². The van der Waals surface area contributed by atoms with Crippen LogP contribution in [0, 0.1) is 0 Å². The van der Waals surface area contributed by atoms with Gasteiger partial charge in [0.25, 0.3) is 15.9 Å². The molecule has 9 nitrogen and oxygen atoms in total. The number of aromatic nitrogens is 1. The highest BCUT2D eigenvalue weighted by atomic mass is 32.2. The number of carbonyl (C=O) groups excluding carboxylic acids is 2. The number of methoxy groups -OCH3 is 1. The maximum atomic E-state index is 12.9. The number of hydrogen-bond donors (Lipinski definition) is 1. The second kappa shape index (κ2) is 11.0. The van der Waals surface area contributed by atoms with Crippen molar-refractivity contribution in [2.45, 2.75) is 25.3 Å². The number of fused-ring (bicyclic) bond motifs is 1. The van der Waals surface area contributed by atoms with Gasteiger partial charge in [0.15, 0.2) is 4.80 Å². The quantitative estimate of drug-likeness (QED) is 0.331. The van der Waals surface area contributed by atoms with Gasteiger partial charge in [-0.2, -0.15) is 4.99 Å². The molecule has 1 amide bonds. The Morgan fingerprint density at radius 3 is 2.27 bits per heavy atom. The molecule has 0 spiro atoms. The maximum Gasteiger partial charge on any atom is 0.338 e. The first-order valence-corrected chi connectivity index (χ1v) is 13.7. The molecule has 4 rings (SSSR count). The number of nitrogens with zero attached hydrogens (tertiary/aromatic N) is 2. The molecule has 1 aromatic heterocycles. The summed E-state index contributed by atoms with van der Waals surface area (Å²) in [7, 11) is -2.30. The van der Waals surface area contributed by atoms with Gasteiger partial charge in [0.05, 0.1) is 34.4 Å². The van der Waals surface area contributed by atoms with Crippen LogP contribution in [0.3, 0.4) is 0 Å². The van der Waals surface area contributed by atoms with Gasteiger partial charge in [-0.15, -0.1) is 0 Å². The minimum atomic E-state index is -3.81. The highest BCUT2D eigenvalue weighted by Crippen LogP contribution is 2.21. The van der Waals surface area contributed by atoms with Crippen molar-refractivity contribution in [3.8, 4) is 5.75 Å². The largest absolute Gasteiger partial charge is 0.497 e. The number of nitrogens with one attached hydrogen (secondary N) is 1. The highest BCUT2D eigenvalue weighted by Gasteiger charge is 2.15. The SMILES string of the molecule is CCOC(=O)c1ccc2c(c1)sc(=NC(=O)c1ccc(NS(=O)(=O)c3ccc(OC)cc3)cc1)n2CC. The number of sulfonamides is 1. The first kappa shape index (κ1) is 26.1. The summed E-state index contributed by atoms with van der Waals surface area (Å²) in [6.07, 6.45) is 0. The number of anilines is 1. The van der Waals surface area contributed by atoms with E-state index in [4.69, 9.17) is 9.47 Å². The third kappa shape index (κ3) is 5.73. The Bertz CT molecular complexity index is 1620. The number of esters is 1. The van der Waals surface area contributed by atoms with E-state index in [1.54, 1.807) is 31.2 Å². The van der Waals surface area contributed by atoms with E-state index in [0.29, 0.717) is 33.9 Å². The van der Waals surface area contributed by atoms with Crippen molar-refractivity contribution in [1.29, 1.82) is 0 Å². The summed E-state index contributed by atoms with van der Waals surface area (Å²) in [6, 6.07) is 17.3. The Kier molecular flexibility index (Phi) is 7.74. The summed E-state index contributed by atoms with van der Waals surface area (Å²) in [6.45, 7) is 4.56. The summed E-state index contributed by atoms with van der Waals surface area (Å²) in [5, 5.41) is 0. The number of carbonyl (C=O) groups is 2. The number of rotatable bonds is 8. The molecule has 1 N–H and O–H groups in total. The van der Waals surface area contributed by atoms with Crippen molar-refractivity contribution in [3.63, 3.8) is 0 Å². The van der Waals surface area contributed by atoms with Gasteiger partial charge in [0.1, 0.15) is 5.75 Å². The summed E-state index contributed by atoms with van der Waals surface area (Å²) < 4.78 is 40.6. The average Bonchev–Trinajstić information content (AvgIpc) is 3.25. The van der Waals surface area contributed by atoms with Crippen molar-refractivity contribution in [1.82, 2.24) is 4.57 Å². The van der Waals surface area contributed by atoms with Crippen LogP contribution in [0.2, 0.25) is 0 Å². The van der Waals surface area contributed by atoms with Gasteiger partial charge in [0, 0.05) is 17.8 Å². The molecule has 0 bridgehead atoms. The van der Waals surface area contributed by atoms with Gasteiger partial charge in [-0.3, -0.25) is 9.52 Å². The van der Waals surface area contributed by atoms with Gasteiger partial charge in [-0.25, -0.2) is 13.2 Å². The van der Waals surface area contributed by atoms with Crippen LogP contribution >= 0.6 is 11.3 Å². The van der Waals surface area contributed by atoms with E-state index in [2.05, 4.69) is 9.71 Å². The van der Waals surface area contributed by atoms with Crippen LogP contribution in [0.25, 0.3) is 10.2 Å². The van der Waals surface area contributed by atoms with Crippen molar-refractivity contribution in [3.05, 3.63) is 82.7 Å². The fraction of sp³-hybridized carbons (Fsp3) is 0.192. The van der Waals surface area contributed by atoms with E-state index < -0.39 is 21.9 Å². The summed E-state index contributed by atoms with van der Waals surface area (Å²) >= 11 is 1.30. The second-order valence-corrected chi connectivity index (χ2v) is 10.5. The molecule has 0 aliphatic rings. The fourth-order valence-corrected chi connectivity index (χ4v) is 5.80. The van der Waals surface area contributed by atoms with Gasteiger partial charge < -0.3 is 14.0 Å². The van der Waals surface area contributed by atoms with E-state index in [0.717, 1.165) is 10.2 Å². The van der Waals surface area contributed by atoms with Crippen LogP contribution in [0.15, 0.2) is 76.6 Å². The van der Waals surface area contributed by atoms with E-state index in [1.165, 1.54) is 54.8 Å². The molecule has 0 aliphatic heterocycles. The summed E-state index contributed by atoms with van der Waals surface area (Å²) in [4.78, 5) is 29.9.